The van der Waals surface area contributed by atoms with Gasteiger partial charge in [0.25, 0.3) is 5.91 Å². The van der Waals surface area contributed by atoms with E-state index in [4.69, 9.17) is 16.3 Å². The quantitative estimate of drug-likeness (QED) is 0.688. The fourth-order valence-corrected chi connectivity index (χ4v) is 2.44. The first-order valence-corrected chi connectivity index (χ1v) is 8.65. The number of carbonyl (C=O) groups excluding carboxylic acids is 1. The van der Waals surface area contributed by atoms with Crippen LogP contribution in [0.15, 0.2) is 24.4 Å². The van der Waals surface area contributed by atoms with Crippen LogP contribution in [0.25, 0.3) is 0 Å². The molecule has 0 atom stereocenters. The van der Waals surface area contributed by atoms with E-state index < -0.39 is 0 Å². The molecule has 140 valence electrons. The van der Waals surface area contributed by atoms with Crippen LogP contribution < -0.4 is 15.4 Å². The molecule has 0 saturated carbocycles. The lowest BCUT2D eigenvalue weighted by molar-refractivity contribution is 0.0947. The molecule has 0 saturated heterocycles. The highest BCUT2D eigenvalue weighted by atomic mass is 35.5. The van der Waals surface area contributed by atoms with E-state index in [1.165, 1.54) is 0 Å². The number of ether oxygens (including phenoxy) is 1. The Morgan fingerprint density at radius 1 is 1.35 bits per heavy atom. The number of hydrogen-bond acceptors (Lipinski definition) is 6. The number of carbonyl (C=O) groups is 1. The van der Waals surface area contributed by atoms with Crippen LogP contribution in [-0.2, 0) is 0 Å². The summed E-state index contributed by atoms with van der Waals surface area (Å²) >= 11 is 6.12. The first-order chi connectivity index (χ1) is 12.4. The van der Waals surface area contributed by atoms with Crippen LogP contribution in [0.4, 0.5) is 11.6 Å². The Bertz CT molecular complexity index is 767. The fourth-order valence-electron chi connectivity index (χ4n) is 2.28. The van der Waals surface area contributed by atoms with Gasteiger partial charge in [0.2, 0.25) is 5.95 Å². The molecule has 0 fully saturated rings. The van der Waals surface area contributed by atoms with Crippen LogP contribution in [0.1, 0.15) is 22.5 Å². The van der Waals surface area contributed by atoms with Gasteiger partial charge in [-0.25, -0.2) is 9.97 Å². The van der Waals surface area contributed by atoms with Gasteiger partial charge in [-0.1, -0.05) is 11.6 Å². The van der Waals surface area contributed by atoms with Crippen molar-refractivity contribution in [2.75, 3.05) is 39.6 Å². The largest absolute Gasteiger partial charge is 0.495 e. The number of benzene rings is 1. The number of aryl methyl sites for hydroxylation is 1. The van der Waals surface area contributed by atoms with Crippen molar-refractivity contribution < 1.29 is 9.53 Å². The van der Waals surface area contributed by atoms with Crippen molar-refractivity contribution in [2.24, 2.45) is 0 Å². The highest BCUT2D eigenvalue weighted by Gasteiger charge is 2.11. The summed E-state index contributed by atoms with van der Waals surface area (Å²) in [5.41, 5.74) is 1.87. The Kier molecular flexibility index (Phi) is 7.17. The standard InChI is InChI=1S/C18H24ClN5O2/c1-12-10-15(16(26-4)11-13(12)19)23-18-21-8-6-14(22-18)17(25)20-7-5-9-24(2)3/h6,8,10-11H,5,7,9H2,1-4H3,(H,20,25)(H,21,22,23). The highest BCUT2D eigenvalue weighted by Crippen LogP contribution is 2.32. The van der Waals surface area contributed by atoms with E-state index >= 15 is 0 Å². The van der Waals surface area contributed by atoms with E-state index in [1.807, 2.05) is 27.1 Å². The SMILES string of the molecule is COc1cc(Cl)c(C)cc1Nc1nccc(C(=O)NCCCN(C)C)n1. The number of halogens is 1. The van der Waals surface area contributed by atoms with E-state index in [9.17, 15) is 4.79 Å². The number of nitrogens with one attached hydrogen (secondary N) is 2. The van der Waals surface area contributed by atoms with Gasteiger partial charge in [0.1, 0.15) is 11.4 Å². The molecule has 2 N–H and O–H groups in total. The summed E-state index contributed by atoms with van der Waals surface area (Å²) in [6.07, 6.45) is 2.41. The first kappa shape index (κ1) is 19.9. The average molecular weight is 378 g/mol. The lowest BCUT2D eigenvalue weighted by Gasteiger charge is -2.13. The third kappa shape index (κ3) is 5.57. The normalized spacial score (nSPS) is 10.7. The minimum absolute atomic E-state index is 0.228. The number of amides is 1. The second-order valence-electron chi connectivity index (χ2n) is 6.10. The molecule has 0 aliphatic heterocycles. The van der Waals surface area contributed by atoms with Crippen LogP contribution in [0, 0.1) is 6.92 Å². The molecule has 0 radical (unpaired) electrons. The molecule has 26 heavy (non-hydrogen) atoms. The van der Waals surface area contributed by atoms with Crippen molar-refractivity contribution in [1.82, 2.24) is 20.2 Å². The third-order valence-corrected chi connectivity index (χ3v) is 4.09. The molecule has 0 unspecified atom stereocenters. The molecular weight excluding hydrogens is 354 g/mol. The Labute approximate surface area is 158 Å². The first-order valence-electron chi connectivity index (χ1n) is 8.28. The predicted octanol–water partition coefficient (Wildman–Crippen LogP) is 2.87. The molecule has 1 amide bonds. The smallest absolute Gasteiger partial charge is 0.270 e. The minimum atomic E-state index is -0.228. The summed E-state index contributed by atoms with van der Waals surface area (Å²) in [5.74, 6) is 0.655. The fraction of sp³-hybridized carbons (Fsp3) is 0.389. The number of hydrogen-bond donors (Lipinski definition) is 2. The van der Waals surface area contributed by atoms with Crippen molar-refractivity contribution in [3.63, 3.8) is 0 Å². The predicted molar refractivity (Wildman–Crippen MR) is 104 cm³/mol. The zero-order valence-corrected chi connectivity index (χ0v) is 16.2. The van der Waals surface area contributed by atoms with Crippen molar-refractivity contribution in [3.05, 3.63) is 40.7 Å². The second kappa shape index (κ2) is 9.35. The van der Waals surface area contributed by atoms with Crippen LogP contribution in [0.5, 0.6) is 5.75 Å². The Morgan fingerprint density at radius 2 is 2.12 bits per heavy atom. The molecule has 1 aromatic heterocycles. The molecule has 2 aromatic rings. The zero-order chi connectivity index (χ0) is 19.1. The maximum atomic E-state index is 12.2. The van der Waals surface area contributed by atoms with Gasteiger partial charge < -0.3 is 20.3 Å². The minimum Gasteiger partial charge on any atom is -0.495 e. The van der Waals surface area contributed by atoms with Gasteiger partial charge in [-0.3, -0.25) is 4.79 Å². The molecule has 0 aliphatic carbocycles. The summed E-state index contributed by atoms with van der Waals surface area (Å²) in [6.45, 7) is 3.39. The molecule has 0 spiro atoms. The number of methoxy groups -OCH3 is 1. The van der Waals surface area contributed by atoms with E-state index in [0.29, 0.717) is 34.6 Å². The van der Waals surface area contributed by atoms with Gasteiger partial charge in [-0.05, 0) is 51.7 Å². The molecule has 0 aliphatic rings. The summed E-state index contributed by atoms with van der Waals surface area (Å²) in [4.78, 5) is 22.7. The maximum absolute atomic E-state index is 12.2. The maximum Gasteiger partial charge on any atom is 0.270 e. The molecular formula is C18H24ClN5O2. The molecule has 1 aromatic carbocycles. The summed E-state index contributed by atoms with van der Waals surface area (Å²) < 4.78 is 5.33. The number of rotatable bonds is 8. The Morgan fingerprint density at radius 3 is 2.81 bits per heavy atom. The second-order valence-corrected chi connectivity index (χ2v) is 6.51. The molecule has 2 rings (SSSR count). The van der Waals surface area contributed by atoms with E-state index in [-0.39, 0.29) is 5.91 Å². The van der Waals surface area contributed by atoms with Crippen molar-refractivity contribution in [2.45, 2.75) is 13.3 Å². The summed E-state index contributed by atoms with van der Waals surface area (Å²) in [5, 5.41) is 6.55. The van der Waals surface area contributed by atoms with Crippen LogP contribution in [0.2, 0.25) is 5.02 Å². The lowest BCUT2D eigenvalue weighted by Crippen LogP contribution is -2.28. The number of nitrogens with zero attached hydrogens (tertiary/aromatic N) is 3. The molecule has 1 heterocycles. The van der Waals surface area contributed by atoms with Crippen molar-refractivity contribution in [3.8, 4) is 5.75 Å². The Balaban J connectivity index is 2.07. The van der Waals surface area contributed by atoms with E-state index in [1.54, 1.807) is 25.4 Å². The van der Waals surface area contributed by atoms with Gasteiger partial charge in [-0.2, -0.15) is 0 Å². The molecule has 8 heteroatoms. The van der Waals surface area contributed by atoms with Crippen molar-refractivity contribution in [1.29, 1.82) is 0 Å². The van der Waals surface area contributed by atoms with Gasteiger partial charge in [0.05, 0.1) is 12.8 Å². The topological polar surface area (TPSA) is 79.4 Å². The molecule has 0 bridgehead atoms. The average Bonchev–Trinajstić information content (AvgIpc) is 2.61. The van der Waals surface area contributed by atoms with Crippen LogP contribution in [-0.4, -0.2) is 55.1 Å². The Hall–Kier alpha value is -2.38. The van der Waals surface area contributed by atoms with E-state index in [0.717, 1.165) is 18.5 Å². The van der Waals surface area contributed by atoms with Gasteiger partial charge >= 0.3 is 0 Å². The zero-order valence-electron chi connectivity index (χ0n) is 15.5. The molecule has 7 nitrogen and oxygen atoms in total. The summed E-state index contributed by atoms with van der Waals surface area (Å²) in [6, 6.07) is 5.15. The summed E-state index contributed by atoms with van der Waals surface area (Å²) in [7, 11) is 5.55. The van der Waals surface area contributed by atoms with E-state index in [2.05, 4.69) is 25.5 Å². The van der Waals surface area contributed by atoms with Gasteiger partial charge in [-0.15, -0.1) is 0 Å². The van der Waals surface area contributed by atoms with Gasteiger partial charge in [0.15, 0.2) is 0 Å². The number of aromatic nitrogens is 2. The van der Waals surface area contributed by atoms with Crippen molar-refractivity contribution >= 4 is 29.1 Å². The van der Waals surface area contributed by atoms with Crippen LogP contribution >= 0.6 is 11.6 Å². The number of anilines is 2. The van der Waals surface area contributed by atoms with Gasteiger partial charge in [0, 0.05) is 23.8 Å². The third-order valence-electron chi connectivity index (χ3n) is 3.68. The monoisotopic (exact) mass is 377 g/mol. The highest BCUT2D eigenvalue weighted by molar-refractivity contribution is 6.31. The van der Waals surface area contributed by atoms with Crippen LogP contribution in [0.3, 0.4) is 0 Å². The lowest BCUT2D eigenvalue weighted by atomic mass is 10.2.